The molecule has 3 aromatic rings. The summed E-state index contributed by atoms with van der Waals surface area (Å²) in [5.74, 6) is 0.616. The molecule has 5 nitrogen and oxygen atoms in total. The highest BCUT2D eigenvalue weighted by atomic mass is 32.1. The lowest BCUT2D eigenvalue weighted by Crippen LogP contribution is -2.15. The number of amides is 1. The van der Waals surface area contributed by atoms with Crippen LogP contribution in [0.1, 0.15) is 15.2 Å². The molecule has 0 bridgehead atoms. The van der Waals surface area contributed by atoms with Crippen LogP contribution in [0.4, 0.5) is 0 Å². The second-order valence-corrected chi connectivity index (χ2v) is 5.67. The van der Waals surface area contributed by atoms with Crippen LogP contribution in [0.3, 0.4) is 0 Å². The molecule has 2 heterocycles. The van der Waals surface area contributed by atoms with E-state index >= 15 is 0 Å². The fourth-order valence-electron chi connectivity index (χ4n) is 2.03. The molecule has 2 aromatic heterocycles. The molecule has 3 rings (SSSR count). The minimum Gasteiger partial charge on any atom is -0.497 e. The van der Waals surface area contributed by atoms with E-state index in [1.807, 2.05) is 58.7 Å². The van der Waals surface area contributed by atoms with Crippen molar-refractivity contribution in [3.8, 4) is 11.4 Å². The van der Waals surface area contributed by atoms with Gasteiger partial charge in [-0.3, -0.25) is 4.79 Å². The standard InChI is InChI=1S/C17H15N3O2S/c1-22-15-6-4-14(5-7-15)20-9-8-13(12-20)11-18-19-17(21)16-3-2-10-23-16/h2-12H,1H3,(H,19,21)/b18-11+. The predicted octanol–water partition coefficient (Wildman–Crippen LogP) is 3.31. The van der Waals surface area contributed by atoms with Crippen molar-refractivity contribution >= 4 is 23.5 Å². The van der Waals surface area contributed by atoms with Crippen molar-refractivity contribution in [2.45, 2.75) is 0 Å². The van der Waals surface area contributed by atoms with Gasteiger partial charge in [0.05, 0.1) is 18.2 Å². The first kappa shape index (κ1) is 15.1. The summed E-state index contributed by atoms with van der Waals surface area (Å²) in [6, 6.07) is 13.3. The first-order chi connectivity index (χ1) is 11.3. The van der Waals surface area contributed by atoms with Crippen LogP contribution in [-0.2, 0) is 0 Å². The average molecular weight is 325 g/mol. The molecule has 0 saturated carbocycles. The molecule has 0 atom stereocenters. The van der Waals surface area contributed by atoms with Crippen molar-refractivity contribution in [2.24, 2.45) is 5.10 Å². The highest BCUT2D eigenvalue weighted by Gasteiger charge is 2.04. The zero-order valence-corrected chi connectivity index (χ0v) is 13.3. The van der Waals surface area contributed by atoms with Crippen LogP contribution in [0.15, 0.2) is 65.3 Å². The number of nitrogens with one attached hydrogen (secondary N) is 1. The van der Waals surface area contributed by atoms with E-state index in [2.05, 4.69) is 10.5 Å². The van der Waals surface area contributed by atoms with Crippen molar-refractivity contribution < 1.29 is 9.53 Å². The first-order valence-electron chi connectivity index (χ1n) is 6.95. The molecular weight excluding hydrogens is 310 g/mol. The molecule has 0 aliphatic carbocycles. The Bertz CT molecular complexity index is 805. The molecule has 23 heavy (non-hydrogen) atoms. The van der Waals surface area contributed by atoms with Crippen molar-refractivity contribution in [1.82, 2.24) is 9.99 Å². The van der Waals surface area contributed by atoms with Crippen molar-refractivity contribution in [2.75, 3.05) is 7.11 Å². The van der Waals surface area contributed by atoms with Crippen LogP contribution in [0.25, 0.3) is 5.69 Å². The topological polar surface area (TPSA) is 55.6 Å². The average Bonchev–Trinajstić information content (AvgIpc) is 3.27. The molecule has 0 aliphatic heterocycles. The second-order valence-electron chi connectivity index (χ2n) is 4.73. The van der Waals surface area contributed by atoms with E-state index < -0.39 is 0 Å². The molecular formula is C17H15N3O2S. The van der Waals surface area contributed by atoms with Crippen LogP contribution in [0.5, 0.6) is 5.75 Å². The summed E-state index contributed by atoms with van der Waals surface area (Å²) in [4.78, 5) is 12.4. The number of hydrogen-bond acceptors (Lipinski definition) is 4. The summed E-state index contributed by atoms with van der Waals surface area (Å²) in [5, 5.41) is 5.84. The summed E-state index contributed by atoms with van der Waals surface area (Å²) in [5.41, 5.74) is 4.43. The number of carbonyl (C=O) groups excluding carboxylic acids is 1. The van der Waals surface area contributed by atoms with Crippen molar-refractivity contribution in [3.05, 3.63) is 70.7 Å². The number of aromatic nitrogens is 1. The second kappa shape index (κ2) is 6.93. The van der Waals surface area contributed by atoms with Gasteiger partial charge in [0, 0.05) is 23.6 Å². The Labute approximate surface area is 137 Å². The minimum atomic E-state index is -0.203. The fraction of sp³-hybridized carbons (Fsp3) is 0.0588. The highest BCUT2D eigenvalue weighted by molar-refractivity contribution is 7.12. The van der Waals surface area contributed by atoms with Crippen LogP contribution < -0.4 is 10.2 Å². The Balaban J connectivity index is 1.64. The normalized spacial score (nSPS) is 10.8. The largest absolute Gasteiger partial charge is 0.497 e. The number of hydrogen-bond donors (Lipinski definition) is 1. The Morgan fingerprint density at radius 1 is 1.26 bits per heavy atom. The highest BCUT2D eigenvalue weighted by Crippen LogP contribution is 2.15. The molecule has 6 heteroatoms. The quantitative estimate of drug-likeness (QED) is 0.578. The maximum atomic E-state index is 11.8. The Morgan fingerprint density at radius 2 is 2.09 bits per heavy atom. The fourth-order valence-corrected chi connectivity index (χ4v) is 2.65. The molecule has 1 amide bonds. The predicted molar refractivity (Wildman–Crippen MR) is 91.7 cm³/mol. The van der Waals surface area contributed by atoms with E-state index in [4.69, 9.17) is 4.74 Å². The molecule has 0 spiro atoms. The zero-order valence-electron chi connectivity index (χ0n) is 12.5. The van der Waals surface area contributed by atoms with Crippen molar-refractivity contribution in [3.63, 3.8) is 0 Å². The van der Waals surface area contributed by atoms with Gasteiger partial charge in [-0.25, -0.2) is 5.43 Å². The van der Waals surface area contributed by atoms with E-state index in [0.29, 0.717) is 4.88 Å². The molecule has 0 aliphatic rings. The number of nitrogens with zero attached hydrogens (tertiary/aromatic N) is 2. The smallest absolute Gasteiger partial charge is 0.281 e. The van der Waals surface area contributed by atoms with E-state index in [9.17, 15) is 4.79 Å². The Hall–Kier alpha value is -2.86. The lowest BCUT2D eigenvalue weighted by atomic mass is 10.3. The lowest BCUT2D eigenvalue weighted by Gasteiger charge is -2.04. The van der Waals surface area contributed by atoms with Crippen molar-refractivity contribution in [1.29, 1.82) is 0 Å². The third-order valence-corrected chi connectivity index (χ3v) is 4.08. The van der Waals surface area contributed by atoms with Gasteiger partial charge in [0.2, 0.25) is 0 Å². The number of ether oxygens (including phenoxy) is 1. The van der Waals surface area contributed by atoms with Gasteiger partial charge < -0.3 is 9.30 Å². The van der Waals surface area contributed by atoms with Gasteiger partial charge in [0.15, 0.2) is 0 Å². The molecule has 0 fully saturated rings. The number of benzene rings is 1. The van der Waals surface area contributed by atoms with E-state index in [0.717, 1.165) is 17.0 Å². The Morgan fingerprint density at radius 3 is 2.78 bits per heavy atom. The number of rotatable bonds is 5. The first-order valence-corrected chi connectivity index (χ1v) is 7.83. The maximum absolute atomic E-state index is 11.8. The maximum Gasteiger partial charge on any atom is 0.281 e. The van der Waals surface area contributed by atoms with Gasteiger partial charge in [-0.2, -0.15) is 5.10 Å². The summed E-state index contributed by atoms with van der Waals surface area (Å²) in [7, 11) is 1.64. The number of hydrazone groups is 1. The Kier molecular flexibility index (Phi) is 4.54. The molecule has 0 saturated heterocycles. The number of methoxy groups -OCH3 is 1. The van der Waals surface area contributed by atoms with Crippen LogP contribution in [0, 0.1) is 0 Å². The zero-order chi connectivity index (χ0) is 16.1. The van der Waals surface area contributed by atoms with Crippen LogP contribution >= 0.6 is 11.3 Å². The third-order valence-electron chi connectivity index (χ3n) is 3.21. The summed E-state index contributed by atoms with van der Waals surface area (Å²) in [6.45, 7) is 0. The molecule has 1 aromatic carbocycles. The molecule has 0 unspecified atom stereocenters. The summed E-state index contributed by atoms with van der Waals surface area (Å²) < 4.78 is 7.12. The molecule has 1 N–H and O–H groups in total. The molecule has 116 valence electrons. The van der Waals surface area contributed by atoms with Crippen LogP contribution in [0.2, 0.25) is 0 Å². The summed E-state index contributed by atoms with van der Waals surface area (Å²) >= 11 is 1.38. The minimum absolute atomic E-state index is 0.203. The van der Waals surface area contributed by atoms with Gasteiger partial charge in [0.1, 0.15) is 5.75 Å². The summed E-state index contributed by atoms with van der Waals surface area (Å²) in [6.07, 6.45) is 5.48. The third kappa shape index (κ3) is 3.67. The van der Waals surface area contributed by atoms with Crippen LogP contribution in [-0.4, -0.2) is 23.8 Å². The monoisotopic (exact) mass is 325 g/mol. The molecule has 0 radical (unpaired) electrons. The van der Waals surface area contributed by atoms with Gasteiger partial charge in [-0.15, -0.1) is 11.3 Å². The van der Waals surface area contributed by atoms with E-state index in [-0.39, 0.29) is 5.91 Å². The lowest BCUT2D eigenvalue weighted by molar-refractivity contribution is 0.0959. The van der Waals surface area contributed by atoms with Gasteiger partial charge in [0.25, 0.3) is 5.91 Å². The SMILES string of the molecule is COc1ccc(-n2ccc(/C=N/NC(=O)c3cccs3)c2)cc1. The van der Waals surface area contributed by atoms with E-state index in [1.54, 1.807) is 19.4 Å². The number of carbonyl (C=O) groups is 1. The van der Waals surface area contributed by atoms with Gasteiger partial charge >= 0.3 is 0 Å². The van der Waals surface area contributed by atoms with Gasteiger partial charge in [-0.1, -0.05) is 6.07 Å². The number of thiophene rings is 1. The van der Waals surface area contributed by atoms with Gasteiger partial charge in [-0.05, 0) is 41.8 Å². The van der Waals surface area contributed by atoms with E-state index in [1.165, 1.54) is 11.3 Å².